The van der Waals surface area contributed by atoms with Gasteiger partial charge in [-0.15, -0.1) is 0 Å². The molecule has 1 fully saturated rings. The molecule has 32 heavy (non-hydrogen) atoms. The van der Waals surface area contributed by atoms with Crippen molar-refractivity contribution in [2.75, 3.05) is 38.2 Å². The van der Waals surface area contributed by atoms with Crippen LogP contribution in [0.4, 0.5) is 5.69 Å². The fourth-order valence-electron chi connectivity index (χ4n) is 4.40. The Morgan fingerprint density at radius 3 is 2.06 bits per heavy atom. The van der Waals surface area contributed by atoms with Crippen molar-refractivity contribution < 1.29 is 14.4 Å². The first kappa shape index (κ1) is 21.9. The van der Waals surface area contributed by atoms with Crippen molar-refractivity contribution in [1.29, 1.82) is 0 Å². The van der Waals surface area contributed by atoms with Gasteiger partial charge in [-0.05, 0) is 30.2 Å². The minimum absolute atomic E-state index is 0.0903. The Labute approximate surface area is 190 Å². The van der Waals surface area contributed by atoms with Crippen molar-refractivity contribution in [3.8, 4) is 5.75 Å². The number of hydrogen-bond acceptors (Lipinski definition) is 3. The summed E-state index contributed by atoms with van der Waals surface area (Å²) in [6, 6.07) is 28.3. The maximum absolute atomic E-state index is 13.3. The molecule has 0 aliphatic carbocycles. The molecule has 0 saturated carbocycles. The van der Waals surface area contributed by atoms with E-state index in [1.807, 2.05) is 55.5 Å². The van der Waals surface area contributed by atoms with E-state index in [1.165, 1.54) is 10.6 Å². The van der Waals surface area contributed by atoms with Gasteiger partial charge in [0.2, 0.25) is 0 Å². The lowest BCUT2D eigenvalue weighted by molar-refractivity contribution is -0.914. The van der Waals surface area contributed by atoms with Crippen LogP contribution in [0.25, 0.3) is 0 Å². The van der Waals surface area contributed by atoms with Crippen LogP contribution in [0.2, 0.25) is 0 Å². The Kier molecular flexibility index (Phi) is 7.07. The molecule has 0 spiro atoms. The van der Waals surface area contributed by atoms with E-state index in [0.717, 1.165) is 43.1 Å². The molecule has 1 aliphatic heterocycles. The van der Waals surface area contributed by atoms with E-state index in [1.54, 1.807) is 7.11 Å². The average molecular weight is 431 g/mol. The number of benzene rings is 3. The van der Waals surface area contributed by atoms with Crippen LogP contribution in [-0.2, 0) is 4.79 Å². The molecule has 2 N–H and O–H groups in total. The van der Waals surface area contributed by atoms with Gasteiger partial charge in [-0.3, -0.25) is 4.79 Å². The highest BCUT2D eigenvalue weighted by molar-refractivity contribution is 5.81. The third kappa shape index (κ3) is 5.11. The molecule has 0 aromatic heterocycles. The van der Waals surface area contributed by atoms with Gasteiger partial charge in [0.25, 0.3) is 5.91 Å². The summed E-state index contributed by atoms with van der Waals surface area (Å²) in [4.78, 5) is 17.0. The van der Waals surface area contributed by atoms with E-state index >= 15 is 0 Å². The quantitative estimate of drug-likeness (QED) is 0.606. The van der Waals surface area contributed by atoms with Crippen LogP contribution in [-0.4, -0.2) is 45.2 Å². The summed E-state index contributed by atoms with van der Waals surface area (Å²) in [6.45, 7) is 5.72. The van der Waals surface area contributed by atoms with Crippen molar-refractivity contribution >= 4 is 11.6 Å². The number of piperazine rings is 1. The minimum Gasteiger partial charge on any atom is -0.497 e. The molecule has 1 atom stereocenters. The molecule has 4 rings (SSSR count). The molecule has 1 heterocycles. The van der Waals surface area contributed by atoms with Crippen LogP contribution in [0, 0.1) is 0 Å². The Morgan fingerprint density at radius 1 is 0.906 bits per heavy atom. The molecular formula is C27H32N3O2+. The first-order chi connectivity index (χ1) is 15.7. The highest BCUT2D eigenvalue weighted by Gasteiger charge is 2.31. The van der Waals surface area contributed by atoms with Gasteiger partial charge in [-0.1, -0.05) is 66.7 Å². The predicted molar refractivity (Wildman–Crippen MR) is 128 cm³/mol. The second kappa shape index (κ2) is 10.3. The normalized spacial score (nSPS) is 15.4. The smallest absolute Gasteiger partial charge is 0.278 e. The molecule has 3 aromatic rings. The van der Waals surface area contributed by atoms with Gasteiger partial charge in [0, 0.05) is 11.8 Å². The molecule has 5 heteroatoms. The van der Waals surface area contributed by atoms with Gasteiger partial charge in [-0.25, -0.2) is 0 Å². The number of quaternary nitrogens is 1. The highest BCUT2D eigenvalue weighted by Crippen LogP contribution is 2.22. The standard InChI is InChI=1S/C27H31N3O2/c1-21(29-16-18-30(19-17-29)24-14-9-15-25(20-24)32-2)27(31)28-26(22-10-5-3-6-11-22)23-12-7-4-8-13-23/h3-15,20-21,26H,16-19H2,1-2H3,(H,28,31)/p+1/t21-/m1/s1. The lowest BCUT2D eigenvalue weighted by atomic mass is 9.98. The first-order valence-corrected chi connectivity index (χ1v) is 11.3. The summed E-state index contributed by atoms with van der Waals surface area (Å²) in [7, 11) is 1.69. The predicted octanol–water partition coefficient (Wildman–Crippen LogP) is 2.69. The Bertz CT molecular complexity index is 962. The van der Waals surface area contributed by atoms with E-state index in [9.17, 15) is 4.79 Å². The van der Waals surface area contributed by atoms with Gasteiger partial charge >= 0.3 is 0 Å². The van der Waals surface area contributed by atoms with E-state index in [2.05, 4.69) is 46.6 Å². The lowest BCUT2D eigenvalue weighted by Crippen LogP contribution is -3.19. The van der Waals surface area contributed by atoms with Gasteiger partial charge in [0.05, 0.1) is 39.3 Å². The van der Waals surface area contributed by atoms with Gasteiger partial charge < -0.3 is 19.9 Å². The number of carbonyl (C=O) groups is 1. The summed E-state index contributed by atoms with van der Waals surface area (Å²) in [5.74, 6) is 0.963. The second-order valence-electron chi connectivity index (χ2n) is 8.33. The van der Waals surface area contributed by atoms with E-state index in [0.29, 0.717) is 0 Å². The third-order valence-electron chi connectivity index (χ3n) is 6.38. The van der Waals surface area contributed by atoms with Crippen molar-refractivity contribution in [2.24, 2.45) is 0 Å². The van der Waals surface area contributed by atoms with Crippen LogP contribution in [0.3, 0.4) is 0 Å². The zero-order chi connectivity index (χ0) is 22.3. The molecule has 1 saturated heterocycles. The second-order valence-corrected chi connectivity index (χ2v) is 8.33. The SMILES string of the molecule is COc1cccc(N2CC[NH+]([C@H](C)C(=O)NC(c3ccccc3)c3ccccc3)CC2)c1. The van der Waals surface area contributed by atoms with Gasteiger partial charge in [0.15, 0.2) is 6.04 Å². The molecule has 166 valence electrons. The first-order valence-electron chi connectivity index (χ1n) is 11.3. The van der Waals surface area contributed by atoms with Crippen molar-refractivity contribution in [3.63, 3.8) is 0 Å². The fraction of sp³-hybridized carbons (Fsp3) is 0.296. The summed E-state index contributed by atoms with van der Waals surface area (Å²) in [5.41, 5.74) is 3.36. The van der Waals surface area contributed by atoms with Crippen LogP contribution in [0.5, 0.6) is 5.75 Å². The summed E-state index contributed by atoms with van der Waals surface area (Å²) >= 11 is 0. The zero-order valence-corrected chi connectivity index (χ0v) is 18.8. The number of hydrogen-bond donors (Lipinski definition) is 2. The molecule has 0 bridgehead atoms. The van der Waals surface area contributed by atoms with Crippen LogP contribution in [0.15, 0.2) is 84.9 Å². The molecule has 1 aliphatic rings. The topological polar surface area (TPSA) is 46.0 Å². The number of nitrogens with one attached hydrogen (secondary N) is 2. The molecule has 1 amide bonds. The van der Waals surface area contributed by atoms with E-state index in [4.69, 9.17) is 4.74 Å². The zero-order valence-electron chi connectivity index (χ0n) is 18.8. The minimum atomic E-state index is -0.148. The van der Waals surface area contributed by atoms with Gasteiger partial charge in [0.1, 0.15) is 5.75 Å². The van der Waals surface area contributed by atoms with Gasteiger partial charge in [-0.2, -0.15) is 0 Å². The maximum atomic E-state index is 13.3. The van der Waals surface area contributed by atoms with Crippen molar-refractivity contribution in [2.45, 2.75) is 19.0 Å². The summed E-state index contributed by atoms with van der Waals surface area (Å²) in [5, 5.41) is 3.31. The molecule has 5 nitrogen and oxygen atoms in total. The summed E-state index contributed by atoms with van der Waals surface area (Å²) < 4.78 is 5.36. The Morgan fingerprint density at radius 2 is 1.50 bits per heavy atom. The monoisotopic (exact) mass is 430 g/mol. The molecular weight excluding hydrogens is 398 g/mol. The number of ether oxygens (including phenoxy) is 1. The Balaban J connectivity index is 1.40. The van der Waals surface area contributed by atoms with Crippen molar-refractivity contribution in [1.82, 2.24) is 5.32 Å². The third-order valence-corrected chi connectivity index (χ3v) is 6.38. The summed E-state index contributed by atoms with van der Waals surface area (Å²) in [6.07, 6.45) is 0. The highest BCUT2D eigenvalue weighted by atomic mass is 16.5. The average Bonchev–Trinajstić information content (AvgIpc) is 2.88. The number of carbonyl (C=O) groups excluding carboxylic acids is 1. The number of amides is 1. The number of nitrogens with zero attached hydrogens (tertiary/aromatic N) is 1. The largest absolute Gasteiger partial charge is 0.497 e. The Hall–Kier alpha value is -3.31. The van der Waals surface area contributed by atoms with Crippen LogP contribution in [0.1, 0.15) is 24.1 Å². The van der Waals surface area contributed by atoms with Crippen LogP contribution >= 0.6 is 0 Å². The number of rotatable bonds is 7. The molecule has 0 unspecified atom stereocenters. The molecule has 0 radical (unpaired) electrons. The van der Waals surface area contributed by atoms with E-state index in [-0.39, 0.29) is 18.0 Å². The molecule has 3 aromatic carbocycles. The maximum Gasteiger partial charge on any atom is 0.278 e. The fourth-order valence-corrected chi connectivity index (χ4v) is 4.40. The van der Waals surface area contributed by atoms with Crippen LogP contribution < -0.4 is 19.9 Å². The number of anilines is 1. The van der Waals surface area contributed by atoms with E-state index < -0.39 is 0 Å². The van der Waals surface area contributed by atoms with Crippen molar-refractivity contribution in [3.05, 3.63) is 96.1 Å². The lowest BCUT2D eigenvalue weighted by Gasteiger charge is -2.36. The number of methoxy groups -OCH3 is 1.